The van der Waals surface area contributed by atoms with E-state index in [1.807, 2.05) is 35.4 Å². The lowest BCUT2D eigenvalue weighted by Gasteiger charge is -2.36. The smallest absolute Gasteiger partial charge is 0.338 e. The SMILES string of the molecule is CCOC(=O)C1=C(C)N=C2SC=C(CC(=O)NCc3ccccn3)N2C1c1ccc(C(C)C)cc1. The molecule has 0 bridgehead atoms. The zero-order chi connectivity index (χ0) is 24.9. The first-order valence-electron chi connectivity index (χ1n) is 11.8. The Hall–Kier alpha value is -3.39. The van der Waals surface area contributed by atoms with E-state index in [4.69, 9.17) is 9.73 Å². The standard InChI is InChI=1S/C27H30N4O3S/c1-5-34-26(33)24-18(4)30-27-31(25(24)20-11-9-19(10-12-20)17(2)3)22(16-35-27)14-23(32)29-15-21-8-6-7-13-28-21/h6-13,16-17,25H,5,14-15H2,1-4H3,(H,29,32). The fraction of sp³-hybridized carbons (Fsp3) is 0.333. The number of pyridine rings is 1. The summed E-state index contributed by atoms with van der Waals surface area (Å²) in [5.74, 6) is -0.113. The molecule has 2 aliphatic rings. The second kappa shape index (κ2) is 10.9. The van der Waals surface area contributed by atoms with Crippen LogP contribution < -0.4 is 5.32 Å². The Morgan fingerprint density at radius 1 is 1.17 bits per heavy atom. The van der Waals surface area contributed by atoms with Gasteiger partial charge in [0.25, 0.3) is 0 Å². The molecule has 35 heavy (non-hydrogen) atoms. The van der Waals surface area contributed by atoms with Gasteiger partial charge in [-0.25, -0.2) is 9.79 Å². The molecule has 1 amide bonds. The molecule has 0 radical (unpaired) electrons. The number of amidine groups is 1. The topological polar surface area (TPSA) is 83.9 Å². The summed E-state index contributed by atoms with van der Waals surface area (Å²) in [5.41, 5.74) is 4.88. The summed E-state index contributed by atoms with van der Waals surface area (Å²) in [4.78, 5) is 36.8. The average molecular weight is 491 g/mol. The quantitative estimate of drug-likeness (QED) is 0.522. The molecule has 0 spiro atoms. The summed E-state index contributed by atoms with van der Waals surface area (Å²) in [5, 5.41) is 5.63. The van der Waals surface area contributed by atoms with Crippen molar-refractivity contribution in [3.63, 3.8) is 0 Å². The average Bonchev–Trinajstić information content (AvgIpc) is 3.24. The summed E-state index contributed by atoms with van der Waals surface area (Å²) in [6.45, 7) is 8.56. The molecule has 1 aromatic heterocycles. The summed E-state index contributed by atoms with van der Waals surface area (Å²) in [6.07, 6.45) is 1.86. The fourth-order valence-electron chi connectivity index (χ4n) is 4.14. The normalized spacial score (nSPS) is 17.2. The van der Waals surface area contributed by atoms with E-state index in [1.165, 1.54) is 17.3 Å². The van der Waals surface area contributed by atoms with Gasteiger partial charge in [-0.2, -0.15) is 0 Å². The van der Waals surface area contributed by atoms with Gasteiger partial charge in [-0.15, -0.1) is 0 Å². The van der Waals surface area contributed by atoms with Crippen molar-refractivity contribution in [3.8, 4) is 0 Å². The summed E-state index contributed by atoms with van der Waals surface area (Å²) < 4.78 is 5.41. The van der Waals surface area contributed by atoms with E-state index in [-0.39, 0.29) is 24.9 Å². The minimum atomic E-state index is -0.424. The van der Waals surface area contributed by atoms with Crippen molar-refractivity contribution in [2.45, 2.75) is 52.6 Å². The Morgan fingerprint density at radius 3 is 2.60 bits per heavy atom. The monoisotopic (exact) mass is 490 g/mol. The van der Waals surface area contributed by atoms with Gasteiger partial charge in [0, 0.05) is 11.9 Å². The van der Waals surface area contributed by atoms with Crippen LogP contribution in [-0.2, 0) is 20.9 Å². The third-order valence-corrected chi connectivity index (χ3v) is 6.84. The van der Waals surface area contributed by atoms with E-state index in [0.717, 1.165) is 22.1 Å². The van der Waals surface area contributed by atoms with Crippen LogP contribution in [0.4, 0.5) is 0 Å². The zero-order valence-corrected chi connectivity index (χ0v) is 21.3. The third kappa shape index (κ3) is 5.48. The van der Waals surface area contributed by atoms with Crippen molar-refractivity contribution < 1.29 is 14.3 Å². The Balaban J connectivity index is 1.62. The van der Waals surface area contributed by atoms with Crippen LogP contribution in [0.25, 0.3) is 0 Å². The molecule has 182 valence electrons. The van der Waals surface area contributed by atoms with E-state index in [9.17, 15) is 9.59 Å². The van der Waals surface area contributed by atoms with Gasteiger partial charge in [-0.3, -0.25) is 9.78 Å². The van der Waals surface area contributed by atoms with Crippen molar-refractivity contribution in [2.75, 3.05) is 6.61 Å². The van der Waals surface area contributed by atoms with Gasteiger partial charge in [0.2, 0.25) is 5.91 Å². The number of benzene rings is 1. The number of nitrogens with one attached hydrogen (secondary N) is 1. The molecule has 1 aromatic carbocycles. The lowest BCUT2D eigenvalue weighted by molar-refractivity contribution is -0.139. The highest BCUT2D eigenvalue weighted by Crippen LogP contribution is 2.45. The second-order valence-corrected chi connectivity index (χ2v) is 9.55. The molecule has 1 atom stereocenters. The number of amides is 1. The minimum absolute atomic E-state index is 0.124. The molecule has 0 saturated carbocycles. The predicted octanol–water partition coefficient (Wildman–Crippen LogP) is 5.05. The number of fused-ring (bicyclic) bond motifs is 1. The van der Waals surface area contributed by atoms with Crippen LogP contribution in [0.1, 0.15) is 62.9 Å². The number of aliphatic imine (C=N–C) groups is 1. The molecule has 2 aromatic rings. The molecular formula is C27H30N4O3S. The van der Waals surface area contributed by atoms with Crippen LogP contribution in [0.3, 0.4) is 0 Å². The van der Waals surface area contributed by atoms with Crippen LogP contribution in [0.2, 0.25) is 0 Å². The molecule has 1 unspecified atom stereocenters. The minimum Gasteiger partial charge on any atom is -0.463 e. The zero-order valence-electron chi connectivity index (χ0n) is 20.4. The Kier molecular flexibility index (Phi) is 7.70. The first-order valence-corrected chi connectivity index (χ1v) is 12.6. The van der Waals surface area contributed by atoms with Gasteiger partial charge in [0.1, 0.15) is 0 Å². The first kappa shape index (κ1) is 24.7. The molecular weight excluding hydrogens is 460 g/mol. The van der Waals surface area contributed by atoms with E-state index >= 15 is 0 Å². The molecule has 3 heterocycles. The van der Waals surface area contributed by atoms with Crippen LogP contribution in [0.5, 0.6) is 0 Å². The second-order valence-electron chi connectivity index (χ2n) is 8.71. The number of aromatic nitrogens is 1. The number of esters is 1. The van der Waals surface area contributed by atoms with Gasteiger partial charge in [0.05, 0.1) is 42.6 Å². The van der Waals surface area contributed by atoms with Crippen LogP contribution in [-0.4, -0.2) is 33.5 Å². The number of carbonyl (C=O) groups excluding carboxylic acids is 2. The van der Waals surface area contributed by atoms with Gasteiger partial charge in [-0.1, -0.05) is 55.9 Å². The van der Waals surface area contributed by atoms with Crippen molar-refractivity contribution in [1.82, 2.24) is 15.2 Å². The van der Waals surface area contributed by atoms with Crippen LogP contribution >= 0.6 is 11.8 Å². The van der Waals surface area contributed by atoms with Crippen molar-refractivity contribution in [3.05, 3.63) is 87.9 Å². The number of nitrogens with zero attached hydrogens (tertiary/aromatic N) is 3. The number of thioether (sulfide) groups is 1. The molecule has 7 nitrogen and oxygen atoms in total. The van der Waals surface area contributed by atoms with Gasteiger partial charge in [0.15, 0.2) is 5.17 Å². The molecule has 0 aliphatic carbocycles. The van der Waals surface area contributed by atoms with Crippen LogP contribution in [0.15, 0.2) is 76.0 Å². The number of carbonyl (C=O) groups is 2. The third-order valence-electron chi connectivity index (χ3n) is 5.95. The molecule has 4 rings (SSSR count). The highest BCUT2D eigenvalue weighted by Gasteiger charge is 2.41. The molecule has 1 N–H and O–H groups in total. The molecule has 0 fully saturated rings. The van der Waals surface area contributed by atoms with Gasteiger partial charge in [-0.05, 0) is 48.4 Å². The lowest BCUT2D eigenvalue weighted by atomic mass is 9.92. The number of hydrogen-bond acceptors (Lipinski definition) is 7. The maximum absolute atomic E-state index is 13.1. The van der Waals surface area contributed by atoms with Gasteiger partial charge < -0.3 is 15.0 Å². The van der Waals surface area contributed by atoms with E-state index < -0.39 is 6.04 Å². The Morgan fingerprint density at radius 2 is 1.94 bits per heavy atom. The predicted molar refractivity (Wildman–Crippen MR) is 138 cm³/mol. The van der Waals surface area contributed by atoms with Crippen molar-refractivity contribution >= 4 is 28.8 Å². The number of hydrogen-bond donors (Lipinski definition) is 1. The molecule has 8 heteroatoms. The maximum atomic E-state index is 13.1. The molecule has 0 saturated heterocycles. The highest BCUT2D eigenvalue weighted by atomic mass is 32.2. The van der Waals surface area contributed by atoms with E-state index in [2.05, 4.69) is 48.4 Å². The Labute approximate surface area is 210 Å². The number of ether oxygens (including phenoxy) is 1. The van der Waals surface area contributed by atoms with E-state index in [0.29, 0.717) is 23.7 Å². The highest BCUT2D eigenvalue weighted by molar-refractivity contribution is 8.16. The summed E-state index contributed by atoms with van der Waals surface area (Å²) >= 11 is 1.46. The summed E-state index contributed by atoms with van der Waals surface area (Å²) in [7, 11) is 0. The molecule has 2 aliphatic heterocycles. The number of allylic oxidation sites excluding steroid dienone is 1. The Bertz CT molecular complexity index is 1190. The van der Waals surface area contributed by atoms with E-state index in [1.54, 1.807) is 13.1 Å². The van der Waals surface area contributed by atoms with Crippen molar-refractivity contribution in [2.24, 2.45) is 4.99 Å². The maximum Gasteiger partial charge on any atom is 0.338 e. The summed E-state index contributed by atoms with van der Waals surface area (Å²) in [6, 6.07) is 13.5. The lowest BCUT2D eigenvalue weighted by Crippen LogP contribution is -2.38. The number of rotatable bonds is 8. The van der Waals surface area contributed by atoms with Crippen LogP contribution in [0, 0.1) is 0 Å². The van der Waals surface area contributed by atoms with Crippen molar-refractivity contribution in [1.29, 1.82) is 0 Å². The van der Waals surface area contributed by atoms with Gasteiger partial charge >= 0.3 is 5.97 Å². The fourth-order valence-corrected chi connectivity index (χ4v) is 5.10. The first-order chi connectivity index (χ1) is 16.9. The largest absolute Gasteiger partial charge is 0.463 e.